The van der Waals surface area contributed by atoms with Crippen LogP contribution in [-0.4, -0.2) is 5.97 Å². The Morgan fingerprint density at radius 2 is 1.50 bits per heavy atom. The number of unbranched alkanes of at least 4 members (excludes halogenated alkanes) is 2. The predicted molar refractivity (Wildman–Crippen MR) is 116 cm³/mol. The smallest absolute Gasteiger partial charge is 0.346 e. The van der Waals surface area contributed by atoms with Gasteiger partial charge in [-0.1, -0.05) is 64.4 Å². The van der Waals surface area contributed by atoms with Crippen LogP contribution in [0.3, 0.4) is 0 Å². The summed E-state index contributed by atoms with van der Waals surface area (Å²) in [6, 6.07) is 5.37. The van der Waals surface area contributed by atoms with Crippen LogP contribution in [0.2, 0.25) is 0 Å². The molecular formula is C26H30F4O2. The molecule has 1 fully saturated rings. The molecule has 1 saturated carbocycles. The maximum atomic E-state index is 14.5. The van der Waals surface area contributed by atoms with E-state index in [0.29, 0.717) is 18.1 Å². The Balaban J connectivity index is 1.50. The van der Waals surface area contributed by atoms with Crippen molar-refractivity contribution >= 4 is 5.97 Å². The Hall–Kier alpha value is -2.37. The largest absolute Gasteiger partial charge is 0.423 e. The lowest BCUT2D eigenvalue weighted by atomic mass is 9.78. The van der Waals surface area contributed by atoms with Crippen LogP contribution in [0, 0.1) is 35.1 Å². The first-order chi connectivity index (χ1) is 15.4. The molecule has 0 amide bonds. The highest BCUT2D eigenvalue weighted by molar-refractivity contribution is 5.91. The second kappa shape index (κ2) is 11.5. The third-order valence-corrected chi connectivity index (χ3v) is 6.44. The molecule has 32 heavy (non-hydrogen) atoms. The molecule has 0 unspecified atom stereocenters. The van der Waals surface area contributed by atoms with Crippen molar-refractivity contribution in [3.05, 3.63) is 64.7 Å². The summed E-state index contributed by atoms with van der Waals surface area (Å²) >= 11 is 0. The van der Waals surface area contributed by atoms with Crippen molar-refractivity contribution in [2.24, 2.45) is 11.8 Å². The molecule has 2 aromatic carbocycles. The van der Waals surface area contributed by atoms with Crippen LogP contribution >= 0.6 is 0 Å². The van der Waals surface area contributed by atoms with Gasteiger partial charge in [0, 0.05) is 12.1 Å². The van der Waals surface area contributed by atoms with Crippen molar-refractivity contribution in [1.29, 1.82) is 0 Å². The van der Waals surface area contributed by atoms with E-state index < -0.39 is 35.0 Å². The number of esters is 1. The zero-order chi connectivity index (χ0) is 23.1. The molecule has 0 bridgehead atoms. The van der Waals surface area contributed by atoms with Gasteiger partial charge in [-0.2, -0.15) is 0 Å². The summed E-state index contributed by atoms with van der Waals surface area (Å²) in [5, 5.41) is 0. The number of hydrogen-bond acceptors (Lipinski definition) is 2. The van der Waals surface area contributed by atoms with Gasteiger partial charge in [-0.05, 0) is 42.4 Å². The number of ether oxygens (including phenoxy) is 1. The van der Waals surface area contributed by atoms with Gasteiger partial charge < -0.3 is 4.74 Å². The van der Waals surface area contributed by atoms with Gasteiger partial charge in [0.25, 0.3) is 0 Å². The number of benzene rings is 2. The Labute approximate surface area is 187 Å². The van der Waals surface area contributed by atoms with E-state index in [2.05, 4.69) is 6.92 Å². The summed E-state index contributed by atoms with van der Waals surface area (Å²) < 4.78 is 58.9. The third kappa shape index (κ3) is 6.57. The van der Waals surface area contributed by atoms with Crippen LogP contribution in [-0.2, 0) is 6.42 Å². The molecule has 0 saturated heterocycles. The second-order valence-corrected chi connectivity index (χ2v) is 8.83. The lowest BCUT2D eigenvalue weighted by molar-refractivity contribution is 0.0728. The van der Waals surface area contributed by atoms with Crippen molar-refractivity contribution in [1.82, 2.24) is 0 Å². The van der Waals surface area contributed by atoms with E-state index in [0.717, 1.165) is 24.3 Å². The normalized spacial score (nSPS) is 18.5. The van der Waals surface area contributed by atoms with E-state index in [1.807, 2.05) is 0 Å². The van der Waals surface area contributed by atoms with E-state index in [-0.39, 0.29) is 5.56 Å². The summed E-state index contributed by atoms with van der Waals surface area (Å²) in [6.45, 7) is 2.23. The standard InChI is InChI=1S/C26H30F4O2/c1-2-3-4-5-17-6-8-18(9-7-17)10-11-19-12-13-21(22(27)14-19)26(31)32-20-15-23(28)25(30)24(29)16-20/h12-18H,2-11H2,1H3. The number of carbonyl (C=O) groups excluding carboxylic acids is 1. The van der Waals surface area contributed by atoms with Crippen molar-refractivity contribution < 1.29 is 27.1 Å². The first-order valence-corrected chi connectivity index (χ1v) is 11.5. The summed E-state index contributed by atoms with van der Waals surface area (Å²) in [7, 11) is 0. The molecule has 174 valence electrons. The van der Waals surface area contributed by atoms with Crippen LogP contribution in [0.4, 0.5) is 17.6 Å². The highest BCUT2D eigenvalue weighted by Crippen LogP contribution is 2.34. The molecule has 0 aliphatic heterocycles. The van der Waals surface area contributed by atoms with E-state index in [9.17, 15) is 22.4 Å². The van der Waals surface area contributed by atoms with Crippen molar-refractivity contribution in [2.75, 3.05) is 0 Å². The van der Waals surface area contributed by atoms with E-state index in [4.69, 9.17) is 4.74 Å². The SMILES string of the molecule is CCCCCC1CCC(CCc2ccc(C(=O)Oc3cc(F)c(F)c(F)c3)c(F)c2)CC1. The van der Waals surface area contributed by atoms with Crippen molar-refractivity contribution in [3.63, 3.8) is 0 Å². The summed E-state index contributed by atoms with van der Waals surface area (Å²) in [6.07, 6.45) is 11.9. The van der Waals surface area contributed by atoms with E-state index in [1.165, 1.54) is 63.5 Å². The zero-order valence-electron chi connectivity index (χ0n) is 18.4. The number of aryl methyl sites for hydroxylation is 1. The Morgan fingerprint density at radius 1 is 0.875 bits per heavy atom. The fourth-order valence-electron chi connectivity index (χ4n) is 4.50. The van der Waals surface area contributed by atoms with Crippen LogP contribution < -0.4 is 4.74 Å². The summed E-state index contributed by atoms with van der Waals surface area (Å²) in [5.74, 6) is -5.52. The van der Waals surface area contributed by atoms with Gasteiger partial charge >= 0.3 is 5.97 Å². The maximum absolute atomic E-state index is 14.5. The first kappa shape index (κ1) is 24.3. The minimum absolute atomic E-state index is 0.341. The molecule has 6 heteroatoms. The summed E-state index contributed by atoms with van der Waals surface area (Å²) in [5.41, 5.74) is 0.453. The molecule has 0 heterocycles. The maximum Gasteiger partial charge on any atom is 0.346 e. The molecule has 1 aliphatic rings. The fraction of sp³-hybridized carbons (Fsp3) is 0.500. The lowest BCUT2D eigenvalue weighted by Gasteiger charge is -2.28. The van der Waals surface area contributed by atoms with Crippen LogP contribution in [0.25, 0.3) is 0 Å². The van der Waals surface area contributed by atoms with Crippen LogP contribution in [0.5, 0.6) is 5.75 Å². The molecule has 0 atom stereocenters. The van der Waals surface area contributed by atoms with Gasteiger partial charge in [0.05, 0.1) is 5.56 Å². The average molecular weight is 451 g/mol. The molecule has 0 spiro atoms. The van der Waals surface area contributed by atoms with Gasteiger partial charge in [0.1, 0.15) is 11.6 Å². The van der Waals surface area contributed by atoms with Crippen LogP contribution in [0.1, 0.15) is 80.6 Å². The quantitative estimate of drug-likeness (QED) is 0.128. The lowest BCUT2D eigenvalue weighted by Crippen LogP contribution is -2.15. The third-order valence-electron chi connectivity index (χ3n) is 6.44. The van der Waals surface area contributed by atoms with Crippen molar-refractivity contribution in [2.45, 2.75) is 71.1 Å². The highest BCUT2D eigenvalue weighted by atomic mass is 19.2. The van der Waals surface area contributed by atoms with Gasteiger partial charge in [0.2, 0.25) is 0 Å². The molecule has 1 aliphatic carbocycles. The Kier molecular flexibility index (Phi) is 8.71. The zero-order valence-corrected chi connectivity index (χ0v) is 18.4. The molecule has 3 rings (SSSR count). The van der Waals surface area contributed by atoms with Gasteiger partial charge in [-0.15, -0.1) is 0 Å². The van der Waals surface area contributed by atoms with E-state index >= 15 is 0 Å². The minimum atomic E-state index is -1.66. The topological polar surface area (TPSA) is 26.3 Å². The van der Waals surface area contributed by atoms with Crippen molar-refractivity contribution in [3.8, 4) is 5.75 Å². The highest BCUT2D eigenvalue weighted by Gasteiger charge is 2.21. The Bertz CT molecular complexity index is 897. The fourth-order valence-corrected chi connectivity index (χ4v) is 4.50. The monoisotopic (exact) mass is 450 g/mol. The molecular weight excluding hydrogens is 420 g/mol. The van der Waals surface area contributed by atoms with Crippen LogP contribution in [0.15, 0.2) is 30.3 Å². The molecule has 2 nitrogen and oxygen atoms in total. The molecule has 0 radical (unpaired) electrons. The number of rotatable bonds is 9. The minimum Gasteiger partial charge on any atom is -0.423 e. The first-order valence-electron chi connectivity index (χ1n) is 11.5. The molecule has 2 aromatic rings. The Morgan fingerprint density at radius 3 is 2.09 bits per heavy atom. The molecule has 0 aromatic heterocycles. The van der Waals surface area contributed by atoms with E-state index in [1.54, 1.807) is 6.07 Å². The van der Waals surface area contributed by atoms with Gasteiger partial charge in [-0.25, -0.2) is 22.4 Å². The number of carbonyl (C=O) groups is 1. The molecule has 0 N–H and O–H groups in total. The number of halogens is 4. The predicted octanol–water partition coefficient (Wildman–Crippen LogP) is 7.78. The number of hydrogen-bond donors (Lipinski definition) is 0. The summed E-state index contributed by atoms with van der Waals surface area (Å²) in [4.78, 5) is 12.2. The van der Waals surface area contributed by atoms with Gasteiger partial charge in [-0.3, -0.25) is 0 Å². The van der Waals surface area contributed by atoms with Gasteiger partial charge in [0.15, 0.2) is 17.5 Å². The average Bonchev–Trinajstić information content (AvgIpc) is 2.77. The second-order valence-electron chi connectivity index (χ2n) is 8.83.